The molecule has 1 aliphatic heterocycles. The first kappa shape index (κ1) is 23.5. The van der Waals surface area contributed by atoms with Crippen molar-refractivity contribution in [1.82, 2.24) is 4.98 Å². The molecule has 0 saturated carbocycles. The first-order chi connectivity index (χ1) is 16.7. The number of nitrogens with zero attached hydrogens (tertiary/aromatic N) is 2. The number of amides is 1. The van der Waals surface area contributed by atoms with Crippen LogP contribution in [0.2, 0.25) is 10.0 Å². The van der Waals surface area contributed by atoms with Crippen LogP contribution in [0, 0.1) is 0 Å². The van der Waals surface area contributed by atoms with E-state index in [1.165, 1.54) is 16.2 Å². The molecule has 0 aliphatic carbocycles. The molecule has 1 atom stereocenters. The Kier molecular flexibility index (Phi) is 6.13. The topological polar surface area (TPSA) is 70.5 Å². The van der Waals surface area contributed by atoms with E-state index >= 15 is 0 Å². The van der Waals surface area contributed by atoms with Gasteiger partial charge in [0.05, 0.1) is 21.8 Å². The Morgan fingerprint density at radius 1 is 0.971 bits per heavy atom. The zero-order chi connectivity index (χ0) is 24.9. The number of carbonyl (C=O) groups is 2. The monoisotopic (exact) mass is 522 g/mol. The van der Waals surface area contributed by atoms with Gasteiger partial charge in [0.2, 0.25) is 0 Å². The van der Waals surface area contributed by atoms with Gasteiger partial charge in [-0.25, -0.2) is 4.98 Å². The number of hydrogen-bond donors (Lipinski definition) is 1. The van der Waals surface area contributed by atoms with Crippen molar-refractivity contribution >= 4 is 67.3 Å². The molecule has 0 radical (unpaired) electrons. The number of benzene rings is 3. The zero-order valence-electron chi connectivity index (χ0n) is 18.8. The van der Waals surface area contributed by atoms with Crippen LogP contribution < -0.4 is 4.90 Å². The first-order valence-electron chi connectivity index (χ1n) is 11.0. The Bertz CT molecular complexity index is 1490. The normalized spacial score (nSPS) is 17.6. The summed E-state index contributed by atoms with van der Waals surface area (Å²) >= 11 is 13.4. The van der Waals surface area contributed by atoms with Crippen molar-refractivity contribution in [3.8, 4) is 0 Å². The van der Waals surface area contributed by atoms with E-state index in [9.17, 15) is 14.7 Å². The Morgan fingerprint density at radius 2 is 1.63 bits per heavy atom. The van der Waals surface area contributed by atoms with Gasteiger partial charge >= 0.3 is 5.91 Å². The van der Waals surface area contributed by atoms with Crippen molar-refractivity contribution in [3.63, 3.8) is 0 Å². The number of halogens is 2. The molecule has 1 unspecified atom stereocenters. The molecule has 0 bridgehead atoms. The maximum Gasteiger partial charge on any atom is 0.301 e. The minimum atomic E-state index is -0.845. The average Bonchev–Trinajstić information content (AvgIpc) is 3.37. The second-order valence-electron chi connectivity index (χ2n) is 8.61. The number of aliphatic hydroxyl groups excluding tert-OH is 1. The smallest absolute Gasteiger partial charge is 0.301 e. The van der Waals surface area contributed by atoms with Gasteiger partial charge in [0.25, 0.3) is 5.78 Å². The van der Waals surface area contributed by atoms with Crippen molar-refractivity contribution in [3.05, 3.63) is 99.0 Å². The number of carbonyl (C=O) groups excluding carboxylic acids is 2. The standard InChI is InChI=1S/C27H20Cl2N2O3S/c1-14(2)15-3-5-16(6-4-15)23-22(24(32)17-7-9-18(28)10-8-17)25(33)26(34)31(23)27-30-20-12-11-19(29)13-21(20)35-27/h3-14,23,32H,1-2H3/b24-22+. The molecule has 1 aromatic heterocycles. The quantitative estimate of drug-likeness (QED) is 0.173. The first-order valence-corrected chi connectivity index (χ1v) is 12.5. The maximum atomic E-state index is 13.4. The Morgan fingerprint density at radius 3 is 2.29 bits per heavy atom. The molecular formula is C27H20Cl2N2O3S. The number of aliphatic hydroxyl groups is 1. The molecule has 2 heterocycles. The summed E-state index contributed by atoms with van der Waals surface area (Å²) < 4.78 is 0.793. The van der Waals surface area contributed by atoms with Gasteiger partial charge in [-0.2, -0.15) is 0 Å². The van der Waals surface area contributed by atoms with E-state index in [4.69, 9.17) is 23.2 Å². The highest BCUT2D eigenvalue weighted by molar-refractivity contribution is 7.22. The SMILES string of the molecule is CC(C)c1ccc(C2/C(=C(\O)c3ccc(Cl)cc3)C(=O)C(=O)N2c2nc3ccc(Cl)cc3s2)cc1. The van der Waals surface area contributed by atoms with Gasteiger partial charge in [0.1, 0.15) is 5.76 Å². The summed E-state index contributed by atoms with van der Waals surface area (Å²) in [6.45, 7) is 4.18. The van der Waals surface area contributed by atoms with Crippen LogP contribution in [0.5, 0.6) is 0 Å². The van der Waals surface area contributed by atoms with Gasteiger partial charge in [0.15, 0.2) is 5.13 Å². The zero-order valence-corrected chi connectivity index (χ0v) is 21.2. The number of anilines is 1. The van der Waals surface area contributed by atoms with Crippen molar-refractivity contribution < 1.29 is 14.7 Å². The fourth-order valence-electron chi connectivity index (χ4n) is 4.16. The largest absolute Gasteiger partial charge is 0.507 e. The van der Waals surface area contributed by atoms with Crippen LogP contribution >= 0.6 is 34.5 Å². The summed E-state index contributed by atoms with van der Waals surface area (Å²) in [5.41, 5.74) is 2.89. The fourth-order valence-corrected chi connectivity index (χ4v) is 5.56. The predicted molar refractivity (Wildman–Crippen MR) is 141 cm³/mol. The molecule has 1 saturated heterocycles. The van der Waals surface area contributed by atoms with E-state index in [1.54, 1.807) is 42.5 Å². The molecule has 8 heteroatoms. The third kappa shape index (κ3) is 4.22. The number of fused-ring (bicyclic) bond motifs is 1. The second-order valence-corrected chi connectivity index (χ2v) is 10.5. The number of hydrogen-bond acceptors (Lipinski definition) is 5. The number of Topliss-reactive ketones (excluding diaryl/α,β-unsaturated/α-hetero) is 1. The molecule has 3 aromatic carbocycles. The lowest BCUT2D eigenvalue weighted by molar-refractivity contribution is -0.132. The molecule has 4 aromatic rings. The highest BCUT2D eigenvalue weighted by Gasteiger charge is 2.48. The van der Waals surface area contributed by atoms with Crippen molar-refractivity contribution in [1.29, 1.82) is 0 Å². The van der Waals surface area contributed by atoms with Gasteiger partial charge in [-0.3, -0.25) is 14.5 Å². The molecular weight excluding hydrogens is 503 g/mol. The van der Waals surface area contributed by atoms with Crippen LogP contribution in [0.3, 0.4) is 0 Å². The number of thiazole rings is 1. The van der Waals surface area contributed by atoms with Crippen molar-refractivity contribution in [2.75, 3.05) is 4.90 Å². The number of aromatic nitrogens is 1. The van der Waals surface area contributed by atoms with E-state index < -0.39 is 17.7 Å². The highest BCUT2D eigenvalue weighted by atomic mass is 35.5. The van der Waals surface area contributed by atoms with Crippen LogP contribution in [0.1, 0.15) is 42.5 Å². The molecule has 176 valence electrons. The average molecular weight is 523 g/mol. The molecule has 1 amide bonds. The van der Waals surface area contributed by atoms with E-state index in [2.05, 4.69) is 18.8 Å². The minimum Gasteiger partial charge on any atom is -0.507 e. The second kappa shape index (κ2) is 9.11. The Balaban J connectivity index is 1.71. The van der Waals surface area contributed by atoms with Crippen LogP contribution in [0.25, 0.3) is 16.0 Å². The lowest BCUT2D eigenvalue weighted by Crippen LogP contribution is -2.29. The molecule has 1 aliphatic rings. The van der Waals surface area contributed by atoms with Crippen LogP contribution in [0.4, 0.5) is 5.13 Å². The molecule has 35 heavy (non-hydrogen) atoms. The third-order valence-electron chi connectivity index (χ3n) is 6.03. The van der Waals surface area contributed by atoms with E-state index in [-0.39, 0.29) is 11.3 Å². The van der Waals surface area contributed by atoms with Gasteiger partial charge in [-0.1, -0.05) is 72.7 Å². The Hall–Kier alpha value is -3.19. The van der Waals surface area contributed by atoms with E-state index in [1.807, 2.05) is 24.3 Å². The molecule has 5 rings (SSSR count). The van der Waals surface area contributed by atoms with Crippen molar-refractivity contribution in [2.45, 2.75) is 25.8 Å². The summed E-state index contributed by atoms with van der Waals surface area (Å²) in [6, 6.07) is 18.6. The predicted octanol–water partition coefficient (Wildman–Crippen LogP) is 7.35. The Labute approximate surface area is 216 Å². The lowest BCUT2D eigenvalue weighted by Gasteiger charge is -2.23. The van der Waals surface area contributed by atoms with Crippen LogP contribution in [0.15, 0.2) is 72.3 Å². The van der Waals surface area contributed by atoms with Gasteiger partial charge in [-0.15, -0.1) is 0 Å². The van der Waals surface area contributed by atoms with Gasteiger partial charge in [-0.05, 0) is 59.5 Å². The fraction of sp³-hybridized carbons (Fsp3) is 0.148. The highest BCUT2D eigenvalue weighted by Crippen LogP contribution is 2.44. The number of ketones is 1. The molecule has 0 spiro atoms. The van der Waals surface area contributed by atoms with Gasteiger partial charge in [0, 0.05) is 15.6 Å². The van der Waals surface area contributed by atoms with Gasteiger partial charge < -0.3 is 5.11 Å². The molecule has 5 nitrogen and oxygen atoms in total. The third-order valence-corrected chi connectivity index (χ3v) is 7.53. The number of rotatable bonds is 4. The minimum absolute atomic E-state index is 0.00640. The summed E-state index contributed by atoms with van der Waals surface area (Å²) in [7, 11) is 0. The van der Waals surface area contributed by atoms with Crippen molar-refractivity contribution in [2.24, 2.45) is 0 Å². The summed E-state index contributed by atoms with van der Waals surface area (Å²) in [6.07, 6.45) is 0. The van der Waals surface area contributed by atoms with E-state index in [0.29, 0.717) is 37.7 Å². The van der Waals surface area contributed by atoms with Crippen LogP contribution in [-0.2, 0) is 9.59 Å². The lowest BCUT2D eigenvalue weighted by atomic mass is 9.93. The summed E-state index contributed by atoms with van der Waals surface area (Å²) in [4.78, 5) is 32.7. The summed E-state index contributed by atoms with van der Waals surface area (Å²) in [5, 5.41) is 12.6. The van der Waals surface area contributed by atoms with E-state index in [0.717, 1.165) is 10.3 Å². The van der Waals surface area contributed by atoms with Crippen LogP contribution in [-0.4, -0.2) is 21.8 Å². The molecule has 1 N–H and O–H groups in total. The maximum absolute atomic E-state index is 13.4. The summed E-state index contributed by atoms with van der Waals surface area (Å²) in [5.74, 6) is -1.46. The molecule has 1 fully saturated rings.